The van der Waals surface area contributed by atoms with Crippen molar-refractivity contribution in [3.05, 3.63) is 71.1 Å². The highest BCUT2D eigenvalue weighted by molar-refractivity contribution is 6.48. The molecule has 0 aromatic heterocycles. The number of hydrogen-bond donors (Lipinski definition) is 1. The summed E-state index contributed by atoms with van der Waals surface area (Å²) in [6.45, 7) is 0. The van der Waals surface area contributed by atoms with Gasteiger partial charge in [-0.3, -0.25) is 9.59 Å². The number of hydrogen-bond acceptors (Lipinski definition) is 3. The lowest BCUT2D eigenvalue weighted by Gasteiger charge is -2.27. The van der Waals surface area contributed by atoms with Gasteiger partial charge in [-0.2, -0.15) is 0 Å². The van der Waals surface area contributed by atoms with Crippen LogP contribution in [0, 0.1) is 29.6 Å². The van der Waals surface area contributed by atoms with Gasteiger partial charge in [-0.05, 0) is 48.2 Å². The Morgan fingerprint density at radius 2 is 1.79 bits per heavy atom. The van der Waals surface area contributed by atoms with Crippen LogP contribution < -0.4 is 0 Å². The molecule has 5 aliphatic carbocycles. The lowest BCUT2D eigenvalue weighted by molar-refractivity contribution is -0.136. The lowest BCUT2D eigenvalue weighted by Crippen LogP contribution is -2.29. The largest absolute Gasteiger partial charge is 0.511 e. The minimum Gasteiger partial charge on any atom is -0.511 e. The van der Waals surface area contributed by atoms with E-state index >= 15 is 0 Å². The van der Waals surface area contributed by atoms with E-state index in [-0.39, 0.29) is 23.2 Å². The monoisotopic (exact) mass is 374 g/mol. The second-order valence-electron chi connectivity index (χ2n) is 8.71. The normalized spacial score (nSPS) is 36.9. The van der Waals surface area contributed by atoms with Crippen molar-refractivity contribution < 1.29 is 14.7 Å². The first kappa shape index (κ1) is 17.7. The van der Waals surface area contributed by atoms with Gasteiger partial charge < -0.3 is 5.11 Å². The van der Waals surface area contributed by atoms with E-state index < -0.39 is 17.5 Å². The van der Waals surface area contributed by atoms with Crippen molar-refractivity contribution in [3.63, 3.8) is 0 Å². The molecule has 1 N–H and O–H groups in total. The van der Waals surface area contributed by atoms with E-state index in [1.54, 1.807) is 0 Å². The minimum atomic E-state index is -0.690. The van der Waals surface area contributed by atoms with Crippen LogP contribution in [0.4, 0.5) is 0 Å². The average Bonchev–Trinajstić information content (AvgIpc) is 3.16. The molecule has 3 nitrogen and oxygen atoms in total. The van der Waals surface area contributed by atoms with Gasteiger partial charge in [0, 0.05) is 5.92 Å². The van der Waals surface area contributed by atoms with Gasteiger partial charge in [0.25, 0.3) is 0 Å². The first-order valence-corrected chi connectivity index (χ1v) is 10.6. The van der Waals surface area contributed by atoms with Gasteiger partial charge in [0.05, 0.1) is 11.5 Å². The molecule has 0 heterocycles. The van der Waals surface area contributed by atoms with Crippen LogP contribution in [-0.4, -0.2) is 16.7 Å². The maximum atomic E-state index is 13.0. The zero-order valence-electron chi connectivity index (χ0n) is 16.0. The van der Waals surface area contributed by atoms with E-state index in [4.69, 9.17) is 0 Å². The summed E-state index contributed by atoms with van der Waals surface area (Å²) in [5, 5.41) is 11.1. The van der Waals surface area contributed by atoms with Gasteiger partial charge in [0.1, 0.15) is 5.76 Å². The fourth-order valence-electron chi connectivity index (χ4n) is 5.88. The van der Waals surface area contributed by atoms with Crippen LogP contribution in [0.2, 0.25) is 0 Å². The Morgan fingerprint density at radius 3 is 2.68 bits per heavy atom. The molecule has 0 aromatic rings. The molecule has 5 aliphatic rings. The van der Waals surface area contributed by atoms with Crippen molar-refractivity contribution in [2.24, 2.45) is 29.6 Å². The molecule has 0 saturated heterocycles. The number of Topliss-reactive ketones (excluding diaryl/α,β-unsaturated/α-hetero) is 2. The summed E-state index contributed by atoms with van der Waals surface area (Å²) in [6, 6.07) is 0. The van der Waals surface area contributed by atoms with Crippen LogP contribution in [0.15, 0.2) is 71.1 Å². The fraction of sp³-hybridized carbons (Fsp3) is 0.440. The predicted octanol–water partition coefficient (Wildman–Crippen LogP) is 4.95. The molecule has 0 spiro atoms. The molecule has 0 radical (unpaired) electrons. The van der Waals surface area contributed by atoms with E-state index in [1.807, 2.05) is 30.4 Å². The van der Waals surface area contributed by atoms with Gasteiger partial charge in [0.2, 0.25) is 11.6 Å². The summed E-state index contributed by atoms with van der Waals surface area (Å²) in [7, 11) is 0. The van der Waals surface area contributed by atoms with Crippen molar-refractivity contribution in [1.29, 1.82) is 0 Å². The number of allylic oxidation sites excluding steroid dienone is 12. The summed E-state index contributed by atoms with van der Waals surface area (Å²) >= 11 is 0. The molecule has 28 heavy (non-hydrogen) atoms. The molecule has 5 unspecified atom stereocenters. The minimum absolute atomic E-state index is 0.0135. The van der Waals surface area contributed by atoms with Gasteiger partial charge >= 0.3 is 0 Å². The molecular formula is C25H26O3. The Kier molecular flexibility index (Phi) is 4.34. The molecule has 1 saturated carbocycles. The van der Waals surface area contributed by atoms with E-state index in [0.717, 1.165) is 30.4 Å². The fourth-order valence-corrected chi connectivity index (χ4v) is 5.88. The number of aliphatic hydroxyl groups is 1. The van der Waals surface area contributed by atoms with E-state index in [2.05, 4.69) is 18.2 Å². The highest BCUT2D eigenvalue weighted by Gasteiger charge is 2.50. The number of carbonyl (C=O) groups is 2. The van der Waals surface area contributed by atoms with Crippen LogP contribution in [0.25, 0.3) is 0 Å². The molecule has 5 rings (SSSR count). The van der Waals surface area contributed by atoms with Crippen molar-refractivity contribution in [1.82, 2.24) is 0 Å². The van der Waals surface area contributed by atoms with Crippen LogP contribution in [0.3, 0.4) is 0 Å². The van der Waals surface area contributed by atoms with Crippen LogP contribution >= 0.6 is 0 Å². The highest BCUT2D eigenvalue weighted by Crippen LogP contribution is 2.49. The Hall–Kier alpha value is -2.42. The Morgan fingerprint density at radius 1 is 0.929 bits per heavy atom. The quantitative estimate of drug-likeness (QED) is 0.550. The van der Waals surface area contributed by atoms with E-state index in [1.165, 1.54) is 19.3 Å². The summed E-state index contributed by atoms with van der Waals surface area (Å²) in [6.07, 6.45) is 23.1. The molecule has 5 atom stereocenters. The zero-order valence-corrected chi connectivity index (χ0v) is 16.0. The summed E-state index contributed by atoms with van der Waals surface area (Å²) < 4.78 is 0. The third-order valence-electron chi connectivity index (χ3n) is 7.27. The molecule has 0 amide bonds. The maximum Gasteiger partial charge on any atom is 0.233 e. The summed E-state index contributed by atoms with van der Waals surface area (Å²) in [5.41, 5.74) is 2.06. The van der Waals surface area contributed by atoms with Crippen molar-refractivity contribution in [3.8, 4) is 0 Å². The number of aliphatic hydroxyl groups excluding tert-OH is 1. The molecular weight excluding hydrogens is 348 g/mol. The Bertz CT molecular complexity index is 908. The van der Waals surface area contributed by atoms with E-state index in [9.17, 15) is 14.7 Å². The molecule has 0 bridgehead atoms. The summed E-state index contributed by atoms with van der Waals surface area (Å²) in [5.74, 6) is -0.567. The standard InChI is InChI=1S/C25H26O3/c26-23-21(19-13-11-15-7-3-1-5-9-17(15)19)24(27)25(28)22(23)20-14-12-16-8-4-2-6-10-18(16)20/h1,3,5,7,9,12-16,18,20,22,26H,2,4,6,8,10-11H2. The molecule has 1 fully saturated rings. The van der Waals surface area contributed by atoms with Crippen LogP contribution in [0.1, 0.15) is 38.5 Å². The first-order valence-electron chi connectivity index (χ1n) is 10.6. The van der Waals surface area contributed by atoms with Crippen molar-refractivity contribution in [2.75, 3.05) is 0 Å². The Labute approximate surface area is 165 Å². The molecule has 3 heteroatoms. The second-order valence-corrected chi connectivity index (χ2v) is 8.71. The number of ketones is 2. The van der Waals surface area contributed by atoms with Gasteiger partial charge in [-0.1, -0.05) is 67.9 Å². The lowest BCUT2D eigenvalue weighted by atomic mass is 9.76. The summed E-state index contributed by atoms with van der Waals surface area (Å²) in [4.78, 5) is 26.0. The average molecular weight is 374 g/mol. The predicted molar refractivity (Wildman–Crippen MR) is 108 cm³/mol. The second kappa shape index (κ2) is 6.88. The van der Waals surface area contributed by atoms with Crippen molar-refractivity contribution in [2.45, 2.75) is 38.5 Å². The first-order chi connectivity index (χ1) is 13.7. The maximum absolute atomic E-state index is 13.0. The third-order valence-corrected chi connectivity index (χ3v) is 7.27. The zero-order chi connectivity index (χ0) is 19.3. The number of carbonyl (C=O) groups excluding carboxylic acids is 2. The van der Waals surface area contributed by atoms with Gasteiger partial charge in [0.15, 0.2) is 0 Å². The number of rotatable bonds is 2. The van der Waals surface area contributed by atoms with Gasteiger partial charge in [-0.25, -0.2) is 0 Å². The van der Waals surface area contributed by atoms with E-state index in [0.29, 0.717) is 11.8 Å². The van der Waals surface area contributed by atoms with Crippen molar-refractivity contribution >= 4 is 11.6 Å². The molecule has 0 aromatic carbocycles. The van der Waals surface area contributed by atoms with Crippen LogP contribution in [-0.2, 0) is 9.59 Å². The smallest absolute Gasteiger partial charge is 0.233 e. The number of fused-ring (bicyclic) bond motifs is 2. The third kappa shape index (κ3) is 2.63. The topological polar surface area (TPSA) is 54.4 Å². The van der Waals surface area contributed by atoms with Gasteiger partial charge in [-0.15, -0.1) is 0 Å². The molecule has 0 aliphatic heterocycles. The Balaban J connectivity index is 1.51. The molecule has 144 valence electrons. The van der Waals surface area contributed by atoms with Crippen LogP contribution in [0.5, 0.6) is 0 Å². The highest BCUT2D eigenvalue weighted by atomic mass is 16.3. The SMILES string of the molecule is O=C1C(=O)C(C2C=CC3CCCCCC32)C(O)=C1C1=CCC2C=CC=CC=C12.